The second kappa shape index (κ2) is 4.75. The fraction of sp³-hybridized carbons (Fsp3) is 0.333. The van der Waals surface area contributed by atoms with Crippen LogP contribution >= 0.6 is 0 Å². The number of carboxylic acids is 1. The number of aliphatic hydroxyl groups excluding tert-OH is 2. The Labute approximate surface area is 103 Å². The van der Waals surface area contributed by atoms with Crippen molar-refractivity contribution in [2.75, 3.05) is 13.2 Å². The molecule has 2 rings (SSSR count). The number of hydrogen-bond acceptors (Lipinski definition) is 4. The molecule has 0 spiro atoms. The molecule has 2 aromatic rings. The van der Waals surface area contributed by atoms with Crippen molar-refractivity contribution in [3.05, 3.63) is 29.6 Å². The molecule has 1 aromatic carbocycles. The number of rotatable bonds is 4. The third kappa shape index (κ3) is 1.96. The molecule has 0 saturated carbocycles. The van der Waals surface area contributed by atoms with E-state index in [1.54, 1.807) is 17.6 Å². The maximum absolute atomic E-state index is 10.9. The van der Waals surface area contributed by atoms with Crippen molar-refractivity contribution >= 4 is 17.0 Å². The lowest BCUT2D eigenvalue weighted by molar-refractivity contribution is 0.0697. The van der Waals surface area contributed by atoms with Crippen LogP contribution in [-0.4, -0.2) is 44.1 Å². The first-order chi connectivity index (χ1) is 8.58. The first-order valence-corrected chi connectivity index (χ1v) is 5.52. The zero-order valence-electron chi connectivity index (χ0n) is 9.87. The molecule has 0 saturated heterocycles. The molecule has 0 atom stereocenters. The summed E-state index contributed by atoms with van der Waals surface area (Å²) >= 11 is 0. The van der Waals surface area contributed by atoms with E-state index < -0.39 is 12.0 Å². The number of carbonyl (C=O) groups is 1. The highest BCUT2D eigenvalue weighted by atomic mass is 16.4. The summed E-state index contributed by atoms with van der Waals surface area (Å²) in [6, 6.07) is 4.08. The maximum Gasteiger partial charge on any atom is 0.335 e. The molecule has 1 heterocycles. The molecule has 6 heteroatoms. The Bertz CT molecular complexity index is 587. The van der Waals surface area contributed by atoms with Gasteiger partial charge in [0, 0.05) is 0 Å². The third-order valence-electron chi connectivity index (χ3n) is 2.90. The molecule has 0 aliphatic heterocycles. The summed E-state index contributed by atoms with van der Waals surface area (Å²) in [4.78, 5) is 15.2. The number of hydrogen-bond donors (Lipinski definition) is 3. The first-order valence-electron chi connectivity index (χ1n) is 5.52. The number of aliphatic hydroxyl groups is 2. The highest BCUT2D eigenvalue weighted by Crippen LogP contribution is 2.22. The fourth-order valence-electron chi connectivity index (χ4n) is 2.03. The Kier molecular flexibility index (Phi) is 3.31. The molecule has 0 aliphatic carbocycles. The van der Waals surface area contributed by atoms with Crippen LogP contribution in [-0.2, 0) is 0 Å². The van der Waals surface area contributed by atoms with Crippen molar-refractivity contribution in [3.63, 3.8) is 0 Å². The van der Waals surface area contributed by atoms with Crippen molar-refractivity contribution in [1.82, 2.24) is 9.55 Å². The van der Waals surface area contributed by atoms with Gasteiger partial charge in [-0.1, -0.05) is 0 Å². The molecule has 0 fully saturated rings. The number of aromatic nitrogens is 2. The van der Waals surface area contributed by atoms with Crippen molar-refractivity contribution in [2.45, 2.75) is 13.0 Å². The topological polar surface area (TPSA) is 95.6 Å². The van der Waals surface area contributed by atoms with Gasteiger partial charge in [0.2, 0.25) is 0 Å². The van der Waals surface area contributed by atoms with Gasteiger partial charge in [-0.3, -0.25) is 0 Å². The Morgan fingerprint density at radius 2 is 2.06 bits per heavy atom. The largest absolute Gasteiger partial charge is 0.478 e. The Morgan fingerprint density at radius 3 is 2.61 bits per heavy atom. The lowest BCUT2D eigenvalue weighted by Gasteiger charge is -2.16. The molecular formula is C12H14N2O4. The van der Waals surface area contributed by atoms with Gasteiger partial charge in [-0.2, -0.15) is 0 Å². The summed E-state index contributed by atoms with van der Waals surface area (Å²) in [5.41, 5.74) is 1.39. The van der Waals surface area contributed by atoms with E-state index in [4.69, 9.17) is 5.11 Å². The zero-order chi connectivity index (χ0) is 13.3. The summed E-state index contributed by atoms with van der Waals surface area (Å²) < 4.78 is 1.65. The highest BCUT2D eigenvalue weighted by Gasteiger charge is 2.17. The zero-order valence-corrected chi connectivity index (χ0v) is 9.87. The molecule has 0 unspecified atom stereocenters. The first kappa shape index (κ1) is 12.5. The average molecular weight is 250 g/mol. The summed E-state index contributed by atoms with van der Waals surface area (Å²) in [5, 5.41) is 27.4. The van der Waals surface area contributed by atoms with Crippen LogP contribution in [0.25, 0.3) is 11.0 Å². The van der Waals surface area contributed by atoms with Gasteiger partial charge in [0.1, 0.15) is 5.82 Å². The standard InChI is InChI=1S/C12H14N2O4/c1-7-13-10-3-2-8(12(17)18)4-11(10)14(7)9(5-15)6-16/h2-4,9,15-16H,5-6H2,1H3,(H,17,18). The maximum atomic E-state index is 10.9. The number of carboxylic acid groups (broad SMARTS) is 1. The molecular weight excluding hydrogens is 236 g/mol. The van der Waals surface area contributed by atoms with Gasteiger partial charge in [-0.25, -0.2) is 9.78 Å². The van der Waals surface area contributed by atoms with Gasteiger partial charge in [-0.15, -0.1) is 0 Å². The third-order valence-corrected chi connectivity index (χ3v) is 2.90. The number of aryl methyl sites for hydroxylation is 1. The number of benzene rings is 1. The second-order valence-corrected chi connectivity index (χ2v) is 4.06. The van der Waals surface area contributed by atoms with Gasteiger partial charge >= 0.3 is 5.97 Å². The molecule has 3 N–H and O–H groups in total. The molecule has 6 nitrogen and oxygen atoms in total. The molecule has 0 radical (unpaired) electrons. The van der Waals surface area contributed by atoms with Gasteiger partial charge in [0.05, 0.1) is 35.9 Å². The minimum atomic E-state index is -1.02. The highest BCUT2D eigenvalue weighted by molar-refractivity contribution is 5.92. The van der Waals surface area contributed by atoms with Crippen molar-refractivity contribution < 1.29 is 20.1 Å². The van der Waals surface area contributed by atoms with Crippen molar-refractivity contribution in [3.8, 4) is 0 Å². The number of aromatic carboxylic acids is 1. The fourth-order valence-corrected chi connectivity index (χ4v) is 2.03. The van der Waals surface area contributed by atoms with Crippen LogP contribution in [0, 0.1) is 6.92 Å². The predicted octanol–water partition coefficient (Wildman–Crippen LogP) is 0.569. The van der Waals surface area contributed by atoms with Crippen LogP contribution < -0.4 is 0 Å². The van der Waals surface area contributed by atoms with Crippen LogP contribution in [0.2, 0.25) is 0 Å². The quantitative estimate of drug-likeness (QED) is 0.737. The van der Waals surface area contributed by atoms with Gasteiger partial charge in [-0.05, 0) is 25.1 Å². The summed E-state index contributed by atoms with van der Waals surface area (Å²) in [6.45, 7) is 1.28. The van der Waals surface area contributed by atoms with Crippen molar-refractivity contribution in [1.29, 1.82) is 0 Å². The minimum Gasteiger partial charge on any atom is -0.478 e. The Morgan fingerprint density at radius 1 is 1.39 bits per heavy atom. The lowest BCUT2D eigenvalue weighted by atomic mass is 10.2. The molecule has 0 bridgehead atoms. The molecule has 0 amide bonds. The van der Waals surface area contributed by atoms with E-state index in [1.807, 2.05) is 0 Å². The van der Waals surface area contributed by atoms with E-state index in [1.165, 1.54) is 12.1 Å². The number of nitrogens with zero attached hydrogens (tertiary/aromatic N) is 2. The molecule has 0 aliphatic rings. The summed E-state index contributed by atoms with van der Waals surface area (Å²) in [6.07, 6.45) is 0. The predicted molar refractivity (Wildman–Crippen MR) is 64.6 cm³/mol. The van der Waals surface area contributed by atoms with E-state index in [0.29, 0.717) is 16.9 Å². The van der Waals surface area contributed by atoms with E-state index in [0.717, 1.165) is 0 Å². The van der Waals surface area contributed by atoms with E-state index in [9.17, 15) is 15.0 Å². The van der Waals surface area contributed by atoms with Crippen LogP contribution in [0.3, 0.4) is 0 Å². The van der Waals surface area contributed by atoms with Crippen molar-refractivity contribution in [2.24, 2.45) is 0 Å². The van der Waals surface area contributed by atoms with Crippen LogP contribution in [0.15, 0.2) is 18.2 Å². The Hall–Kier alpha value is -1.92. The van der Waals surface area contributed by atoms with Crippen LogP contribution in [0.5, 0.6) is 0 Å². The SMILES string of the molecule is Cc1nc2ccc(C(=O)O)cc2n1C(CO)CO. The van der Waals surface area contributed by atoms with E-state index >= 15 is 0 Å². The van der Waals surface area contributed by atoms with Gasteiger partial charge in [0.25, 0.3) is 0 Å². The normalized spacial score (nSPS) is 11.3. The smallest absolute Gasteiger partial charge is 0.335 e. The second-order valence-electron chi connectivity index (χ2n) is 4.06. The molecule has 96 valence electrons. The number of imidazole rings is 1. The molecule has 1 aromatic heterocycles. The Balaban J connectivity index is 2.67. The van der Waals surface area contributed by atoms with Crippen LogP contribution in [0.1, 0.15) is 22.2 Å². The van der Waals surface area contributed by atoms with E-state index in [-0.39, 0.29) is 18.8 Å². The average Bonchev–Trinajstić information content (AvgIpc) is 2.67. The monoisotopic (exact) mass is 250 g/mol. The summed E-state index contributed by atoms with van der Waals surface area (Å²) in [7, 11) is 0. The number of fused-ring (bicyclic) bond motifs is 1. The van der Waals surface area contributed by atoms with Gasteiger partial charge in [0.15, 0.2) is 0 Å². The molecule has 18 heavy (non-hydrogen) atoms. The lowest BCUT2D eigenvalue weighted by Crippen LogP contribution is -2.18. The van der Waals surface area contributed by atoms with Crippen LogP contribution in [0.4, 0.5) is 0 Å². The van der Waals surface area contributed by atoms with E-state index in [2.05, 4.69) is 4.98 Å². The summed E-state index contributed by atoms with van der Waals surface area (Å²) in [5.74, 6) is -0.396. The minimum absolute atomic E-state index is 0.151. The van der Waals surface area contributed by atoms with Gasteiger partial charge < -0.3 is 19.9 Å².